The van der Waals surface area contributed by atoms with Crippen molar-refractivity contribution in [1.82, 2.24) is 9.55 Å². The van der Waals surface area contributed by atoms with E-state index in [1.165, 1.54) is 0 Å². The third-order valence-electron chi connectivity index (χ3n) is 2.91. The molecule has 0 bridgehead atoms. The lowest BCUT2D eigenvalue weighted by atomic mass is 10.2. The van der Waals surface area contributed by atoms with E-state index in [2.05, 4.69) is 20.9 Å². The number of nitrogens with one attached hydrogen (secondary N) is 1. The molecule has 2 aromatic rings. The minimum absolute atomic E-state index is 0.190. The molecule has 2 rings (SSSR count). The van der Waals surface area contributed by atoms with E-state index < -0.39 is 11.2 Å². The summed E-state index contributed by atoms with van der Waals surface area (Å²) in [5, 5.41) is 10.0. The van der Waals surface area contributed by atoms with Gasteiger partial charge in [-0.1, -0.05) is 41.1 Å². The number of aromatic nitrogens is 2. The highest BCUT2D eigenvalue weighted by atomic mass is 79.9. The van der Waals surface area contributed by atoms with Crippen molar-refractivity contribution in [2.45, 2.75) is 19.9 Å². The van der Waals surface area contributed by atoms with Crippen molar-refractivity contribution in [2.24, 2.45) is 0 Å². The van der Waals surface area contributed by atoms with Crippen LogP contribution in [0.25, 0.3) is 0 Å². The molecule has 1 aromatic heterocycles. The van der Waals surface area contributed by atoms with Gasteiger partial charge in [0.15, 0.2) is 0 Å². The average Bonchev–Trinajstić information content (AvgIpc) is 2.36. The smallest absolute Gasteiger partial charge is 0.331 e. The highest BCUT2D eigenvalue weighted by Crippen LogP contribution is 2.19. The first kappa shape index (κ1) is 13.6. The van der Waals surface area contributed by atoms with Crippen molar-refractivity contribution < 1.29 is 5.11 Å². The van der Waals surface area contributed by atoms with Crippen LogP contribution in [-0.2, 0) is 13.0 Å². The molecule has 5 nitrogen and oxygen atoms in total. The molecular weight excluding hydrogens is 312 g/mol. The lowest BCUT2D eigenvalue weighted by Crippen LogP contribution is -2.32. The number of benzene rings is 1. The third-order valence-corrected chi connectivity index (χ3v) is 3.68. The highest BCUT2D eigenvalue weighted by Gasteiger charge is 2.13. The molecule has 0 atom stereocenters. The van der Waals surface area contributed by atoms with Gasteiger partial charge >= 0.3 is 5.69 Å². The number of halogens is 1. The molecule has 0 saturated heterocycles. The molecule has 6 heteroatoms. The second-order valence-electron chi connectivity index (χ2n) is 4.09. The topological polar surface area (TPSA) is 75.1 Å². The predicted octanol–water partition coefficient (Wildman–Crippen LogP) is 1.62. The van der Waals surface area contributed by atoms with E-state index >= 15 is 0 Å². The monoisotopic (exact) mass is 324 g/mol. The SMILES string of the molecule is CCc1c(O)n(Cc2ccccc2Br)c(=O)[nH]c1=O. The van der Waals surface area contributed by atoms with Crippen molar-refractivity contribution in [3.05, 3.63) is 60.7 Å². The summed E-state index contributed by atoms with van der Waals surface area (Å²) in [7, 11) is 0. The van der Waals surface area contributed by atoms with Crippen LogP contribution in [0.3, 0.4) is 0 Å². The van der Waals surface area contributed by atoms with Gasteiger partial charge in [-0.3, -0.25) is 14.3 Å². The standard InChI is InChI=1S/C13H13BrN2O3/c1-2-9-11(17)15-13(19)16(12(9)18)7-8-5-3-4-6-10(8)14/h3-6,18H,2,7H2,1H3,(H,15,17,19). The van der Waals surface area contributed by atoms with Crippen molar-refractivity contribution in [2.75, 3.05) is 0 Å². The van der Waals surface area contributed by atoms with Gasteiger partial charge in [-0.2, -0.15) is 0 Å². The molecule has 1 aromatic carbocycles. The van der Waals surface area contributed by atoms with Gasteiger partial charge in [0, 0.05) is 4.47 Å². The molecule has 0 spiro atoms. The van der Waals surface area contributed by atoms with E-state index in [1.807, 2.05) is 24.3 Å². The lowest BCUT2D eigenvalue weighted by molar-refractivity contribution is 0.402. The molecule has 0 aliphatic heterocycles. The van der Waals surface area contributed by atoms with Crippen LogP contribution in [0.2, 0.25) is 0 Å². The molecule has 0 unspecified atom stereocenters. The number of hydrogen-bond donors (Lipinski definition) is 2. The summed E-state index contributed by atoms with van der Waals surface area (Å²) in [6.45, 7) is 1.94. The normalized spacial score (nSPS) is 10.6. The average molecular weight is 325 g/mol. The van der Waals surface area contributed by atoms with Gasteiger partial charge in [-0.05, 0) is 18.1 Å². The second kappa shape index (κ2) is 5.44. The van der Waals surface area contributed by atoms with Crippen LogP contribution in [0.1, 0.15) is 18.1 Å². The molecule has 0 saturated carbocycles. The molecule has 0 aliphatic rings. The maximum Gasteiger partial charge on any atom is 0.331 e. The summed E-state index contributed by atoms with van der Waals surface area (Å²) in [5.41, 5.74) is -0.0931. The molecule has 0 amide bonds. The second-order valence-corrected chi connectivity index (χ2v) is 4.95. The maximum atomic E-state index is 11.8. The molecular formula is C13H13BrN2O3. The quantitative estimate of drug-likeness (QED) is 0.900. The third kappa shape index (κ3) is 2.63. The van der Waals surface area contributed by atoms with E-state index in [1.54, 1.807) is 6.92 Å². The van der Waals surface area contributed by atoms with Crippen LogP contribution < -0.4 is 11.2 Å². The zero-order chi connectivity index (χ0) is 14.0. The Labute approximate surface area is 117 Å². The van der Waals surface area contributed by atoms with Crippen LogP contribution in [0, 0.1) is 0 Å². The van der Waals surface area contributed by atoms with Crippen LogP contribution >= 0.6 is 15.9 Å². The summed E-state index contributed by atoms with van der Waals surface area (Å²) < 4.78 is 1.99. The minimum Gasteiger partial charge on any atom is -0.494 e. The number of nitrogens with zero attached hydrogens (tertiary/aromatic N) is 1. The Morgan fingerprint density at radius 2 is 2.00 bits per heavy atom. The van der Waals surface area contributed by atoms with Gasteiger partial charge in [0.1, 0.15) is 0 Å². The predicted molar refractivity (Wildman–Crippen MR) is 75.6 cm³/mol. The Morgan fingerprint density at radius 1 is 1.32 bits per heavy atom. The largest absolute Gasteiger partial charge is 0.494 e. The summed E-state index contributed by atoms with van der Waals surface area (Å²) in [6, 6.07) is 7.39. The van der Waals surface area contributed by atoms with Crippen LogP contribution in [0.5, 0.6) is 5.88 Å². The first-order valence-electron chi connectivity index (χ1n) is 5.83. The molecule has 19 heavy (non-hydrogen) atoms. The van der Waals surface area contributed by atoms with Gasteiger partial charge in [-0.15, -0.1) is 0 Å². The fourth-order valence-electron chi connectivity index (χ4n) is 1.86. The Bertz CT molecular complexity index is 719. The molecule has 1 heterocycles. The number of rotatable bonds is 3. The first-order chi connectivity index (χ1) is 9.04. The summed E-state index contributed by atoms with van der Waals surface area (Å²) in [5.74, 6) is -0.271. The van der Waals surface area contributed by atoms with Crippen LogP contribution in [0.15, 0.2) is 38.3 Å². The van der Waals surface area contributed by atoms with Crippen molar-refractivity contribution in [1.29, 1.82) is 0 Å². The summed E-state index contributed by atoms with van der Waals surface area (Å²) >= 11 is 3.38. The van der Waals surface area contributed by atoms with E-state index in [0.717, 1.165) is 14.6 Å². The van der Waals surface area contributed by atoms with E-state index in [9.17, 15) is 14.7 Å². The fourth-order valence-corrected chi connectivity index (χ4v) is 2.27. The fraction of sp³-hybridized carbons (Fsp3) is 0.231. The van der Waals surface area contributed by atoms with E-state index in [4.69, 9.17) is 0 Å². The van der Waals surface area contributed by atoms with Crippen molar-refractivity contribution in [3.8, 4) is 5.88 Å². The summed E-state index contributed by atoms with van der Waals surface area (Å²) in [6.07, 6.45) is 0.359. The molecule has 100 valence electrons. The number of hydrogen-bond acceptors (Lipinski definition) is 3. The molecule has 2 N–H and O–H groups in total. The van der Waals surface area contributed by atoms with Crippen LogP contribution in [-0.4, -0.2) is 14.7 Å². The maximum absolute atomic E-state index is 11.8. The van der Waals surface area contributed by atoms with Crippen molar-refractivity contribution in [3.63, 3.8) is 0 Å². The van der Waals surface area contributed by atoms with Gasteiger partial charge in [-0.25, -0.2) is 4.79 Å². The van der Waals surface area contributed by atoms with E-state index in [-0.39, 0.29) is 18.0 Å². The Hall–Kier alpha value is -1.82. The molecule has 0 radical (unpaired) electrons. The van der Waals surface area contributed by atoms with Crippen molar-refractivity contribution >= 4 is 15.9 Å². The van der Waals surface area contributed by atoms with Gasteiger partial charge in [0.25, 0.3) is 5.56 Å². The number of H-pyrrole nitrogens is 1. The van der Waals surface area contributed by atoms with Gasteiger partial charge in [0.05, 0.1) is 12.1 Å². The zero-order valence-electron chi connectivity index (χ0n) is 10.3. The van der Waals surface area contributed by atoms with E-state index in [0.29, 0.717) is 6.42 Å². The first-order valence-corrected chi connectivity index (χ1v) is 6.62. The minimum atomic E-state index is -0.615. The zero-order valence-corrected chi connectivity index (χ0v) is 11.9. The number of aromatic amines is 1. The molecule has 0 fully saturated rings. The highest BCUT2D eigenvalue weighted by molar-refractivity contribution is 9.10. The van der Waals surface area contributed by atoms with Crippen LogP contribution in [0.4, 0.5) is 0 Å². The number of aromatic hydroxyl groups is 1. The summed E-state index contributed by atoms with van der Waals surface area (Å²) in [4.78, 5) is 25.5. The van der Waals surface area contributed by atoms with Gasteiger partial charge < -0.3 is 5.11 Å². The lowest BCUT2D eigenvalue weighted by Gasteiger charge is -2.11. The Morgan fingerprint density at radius 3 is 2.63 bits per heavy atom. The Kier molecular flexibility index (Phi) is 3.90. The Balaban J connectivity index is 2.55. The van der Waals surface area contributed by atoms with Gasteiger partial charge in [0.2, 0.25) is 5.88 Å². The molecule has 0 aliphatic carbocycles.